The quantitative estimate of drug-likeness (QED) is 0.169. The summed E-state index contributed by atoms with van der Waals surface area (Å²) in [6, 6.07) is 13.2. The number of carbonyl (C=O) groups excluding carboxylic acids is 2. The molecule has 0 N–H and O–H groups in total. The number of methoxy groups -OCH3 is 1. The predicted octanol–water partition coefficient (Wildman–Crippen LogP) is 5.77. The number of halogens is 3. The zero-order chi connectivity index (χ0) is 35.2. The molecule has 4 aromatic rings. The normalized spacial score (nSPS) is 14.2. The van der Waals surface area contributed by atoms with Crippen molar-refractivity contribution in [2.45, 2.75) is 33.4 Å². The molecule has 256 valence electrons. The summed E-state index contributed by atoms with van der Waals surface area (Å²) in [4.78, 5) is 44.1. The van der Waals surface area contributed by atoms with Crippen LogP contribution < -0.4 is 29.1 Å². The Balaban J connectivity index is 1.57. The summed E-state index contributed by atoms with van der Waals surface area (Å²) in [7, 11) is 1.25. The minimum Gasteiger partial charge on any atom is -0.490 e. The number of allylic oxidation sites excluding steroid dienone is 1. The fraction of sp³-hybridized carbons (Fsp3) is 0.257. The van der Waals surface area contributed by atoms with E-state index in [9.17, 15) is 18.8 Å². The van der Waals surface area contributed by atoms with E-state index in [2.05, 4.69) is 9.73 Å². The maximum atomic E-state index is 14.1. The van der Waals surface area contributed by atoms with E-state index in [0.29, 0.717) is 37.5 Å². The second-order valence-electron chi connectivity index (χ2n) is 10.5. The van der Waals surface area contributed by atoms with Gasteiger partial charge in [-0.25, -0.2) is 19.0 Å². The predicted molar refractivity (Wildman–Crippen MR) is 183 cm³/mol. The van der Waals surface area contributed by atoms with Crippen molar-refractivity contribution >= 4 is 52.6 Å². The Labute approximate surface area is 294 Å². The molecule has 49 heavy (non-hydrogen) atoms. The molecule has 5 rings (SSSR count). The summed E-state index contributed by atoms with van der Waals surface area (Å²) in [6.45, 7) is 5.24. The topological polar surface area (TPSA) is 115 Å². The van der Waals surface area contributed by atoms with Gasteiger partial charge in [0.2, 0.25) is 0 Å². The lowest BCUT2D eigenvalue weighted by Crippen LogP contribution is -2.40. The van der Waals surface area contributed by atoms with E-state index in [4.69, 9.17) is 42.1 Å². The molecule has 0 fully saturated rings. The standard InChI is InChI=1S/C35H31Cl2FN2O8S/c1-5-45-27-16-22(10-11-26(27)47-18-29(41)44-4)31-30(34(43)46-6-2)19(3)39-35-40(31)33(42)28(49-35)15-21-13-24(36)32(25(37)14-21)48-17-20-8-7-9-23(38)12-20/h7-16,31H,5-6,17-18H2,1-4H3/b28-15-/t31-/m0/s1. The number of rotatable bonds is 12. The number of nitrogens with zero attached hydrogens (tertiary/aromatic N) is 2. The van der Waals surface area contributed by atoms with Crippen molar-refractivity contribution in [2.75, 3.05) is 26.9 Å². The summed E-state index contributed by atoms with van der Waals surface area (Å²) in [5.41, 5.74) is 1.77. The molecule has 0 bridgehead atoms. The molecule has 0 spiro atoms. The van der Waals surface area contributed by atoms with Crippen molar-refractivity contribution < 1.29 is 37.7 Å². The van der Waals surface area contributed by atoms with Crippen LogP contribution in [0.1, 0.15) is 43.5 Å². The molecule has 0 unspecified atom stereocenters. The Bertz CT molecular complexity index is 2110. The van der Waals surface area contributed by atoms with E-state index >= 15 is 0 Å². The van der Waals surface area contributed by atoms with E-state index in [1.807, 2.05) is 0 Å². The summed E-state index contributed by atoms with van der Waals surface area (Å²) < 4.78 is 42.6. The van der Waals surface area contributed by atoms with Crippen LogP contribution in [0, 0.1) is 5.82 Å². The maximum absolute atomic E-state index is 14.1. The zero-order valence-corrected chi connectivity index (χ0v) is 29.2. The molecule has 14 heteroatoms. The van der Waals surface area contributed by atoms with Gasteiger partial charge < -0.3 is 23.7 Å². The Morgan fingerprint density at radius 3 is 2.43 bits per heavy atom. The first-order valence-corrected chi connectivity index (χ1v) is 16.6. The zero-order valence-electron chi connectivity index (χ0n) is 26.9. The van der Waals surface area contributed by atoms with Crippen molar-refractivity contribution in [1.29, 1.82) is 0 Å². The van der Waals surface area contributed by atoms with Crippen molar-refractivity contribution in [2.24, 2.45) is 4.99 Å². The highest BCUT2D eigenvalue weighted by molar-refractivity contribution is 7.07. The molecule has 1 aromatic heterocycles. The minimum atomic E-state index is -0.933. The lowest BCUT2D eigenvalue weighted by molar-refractivity contribution is -0.143. The Hall–Kier alpha value is -4.65. The second kappa shape index (κ2) is 15.7. The average Bonchev–Trinajstić information content (AvgIpc) is 3.36. The van der Waals surface area contributed by atoms with Gasteiger partial charge in [-0.15, -0.1) is 0 Å². The van der Waals surface area contributed by atoms with Crippen molar-refractivity contribution in [3.63, 3.8) is 0 Å². The average molecular weight is 730 g/mol. The first-order chi connectivity index (χ1) is 23.5. The van der Waals surface area contributed by atoms with Crippen LogP contribution in [0.3, 0.4) is 0 Å². The third kappa shape index (κ3) is 7.98. The maximum Gasteiger partial charge on any atom is 0.343 e. The van der Waals surface area contributed by atoms with Gasteiger partial charge in [0, 0.05) is 0 Å². The number of hydrogen-bond acceptors (Lipinski definition) is 10. The SMILES string of the molecule is CCOC(=O)C1=C(C)N=c2s/c(=C\c3cc(Cl)c(OCc4cccc(F)c4)c(Cl)c3)c(=O)n2[C@H]1c1ccc(OCC(=O)OC)c(OCC)c1. The lowest BCUT2D eigenvalue weighted by Gasteiger charge is -2.25. The van der Waals surface area contributed by atoms with E-state index < -0.39 is 29.4 Å². The number of hydrogen-bond donors (Lipinski definition) is 0. The van der Waals surface area contributed by atoms with Crippen molar-refractivity contribution in [3.8, 4) is 17.2 Å². The summed E-state index contributed by atoms with van der Waals surface area (Å²) in [6.07, 6.45) is 1.62. The molecule has 0 saturated carbocycles. The summed E-state index contributed by atoms with van der Waals surface area (Å²) in [5, 5.41) is 0.387. The molecule has 1 aliphatic heterocycles. The van der Waals surface area contributed by atoms with E-state index in [0.717, 1.165) is 11.3 Å². The first kappa shape index (κ1) is 35.7. The van der Waals surface area contributed by atoms with Crippen LogP contribution in [0.4, 0.5) is 4.39 Å². The van der Waals surface area contributed by atoms with Crippen LogP contribution in [0.25, 0.3) is 6.08 Å². The Morgan fingerprint density at radius 2 is 1.76 bits per heavy atom. The van der Waals surface area contributed by atoms with Gasteiger partial charge >= 0.3 is 11.9 Å². The van der Waals surface area contributed by atoms with Crippen LogP contribution in [0.15, 0.2) is 75.7 Å². The van der Waals surface area contributed by atoms with Crippen LogP contribution in [0.5, 0.6) is 17.2 Å². The van der Waals surface area contributed by atoms with E-state index in [1.54, 1.807) is 69.3 Å². The van der Waals surface area contributed by atoms with Crippen LogP contribution in [-0.4, -0.2) is 43.4 Å². The highest BCUT2D eigenvalue weighted by atomic mass is 35.5. The van der Waals surface area contributed by atoms with Gasteiger partial charge in [0.25, 0.3) is 5.56 Å². The second-order valence-corrected chi connectivity index (χ2v) is 12.4. The van der Waals surface area contributed by atoms with Gasteiger partial charge in [-0.3, -0.25) is 9.36 Å². The van der Waals surface area contributed by atoms with Crippen molar-refractivity contribution in [3.05, 3.63) is 118 Å². The van der Waals surface area contributed by atoms with Gasteiger partial charge in [0.15, 0.2) is 28.7 Å². The third-order valence-electron chi connectivity index (χ3n) is 7.26. The lowest BCUT2D eigenvalue weighted by atomic mass is 9.95. The summed E-state index contributed by atoms with van der Waals surface area (Å²) >= 11 is 14.2. The first-order valence-electron chi connectivity index (χ1n) is 15.1. The van der Waals surface area contributed by atoms with Gasteiger partial charge in [0.05, 0.1) is 52.2 Å². The van der Waals surface area contributed by atoms with Crippen LogP contribution in [0.2, 0.25) is 10.0 Å². The minimum absolute atomic E-state index is 0.0424. The molecule has 10 nitrogen and oxygen atoms in total. The number of benzene rings is 3. The smallest absolute Gasteiger partial charge is 0.343 e. The molecule has 0 amide bonds. The third-order valence-corrected chi connectivity index (χ3v) is 8.81. The van der Waals surface area contributed by atoms with Gasteiger partial charge in [-0.05, 0) is 79.9 Å². The molecule has 0 radical (unpaired) electrons. The number of ether oxygens (including phenoxy) is 5. The number of carbonyl (C=O) groups is 2. The summed E-state index contributed by atoms with van der Waals surface area (Å²) in [5.74, 6) is -0.801. The largest absolute Gasteiger partial charge is 0.490 e. The fourth-order valence-electron chi connectivity index (χ4n) is 5.12. The molecule has 2 heterocycles. The molecule has 3 aromatic carbocycles. The fourth-order valence-corrected chi connectivity index (χ4v) is 6.78. The Kier molecular flexibility index (Phi) is 11.4. The number of thiazole rings is 1. The molecule has 0 aliphatic carbocycles. The molecule has 1 aliphatic rings. The van der Waals surface area contributed by atoms with E-state index in [-0.39, 0.29) is 53.5 Å². The molecular weight excluding hydrogens is 698 g/mol. The number of esters is 2. The van der Waals surface area contributed by atoms with Gasteiger partial charge in [-0.1, -0.05) is 52.7 Å². The molecule has 1 atom stereocenters. The van der Waals surface area contributed by atoms with Gasteiger partial charge in [-0.2, -0.15) is 0 Å². The highest BCUT2D eigenvalue weighted by Crippen LogP contribution is 2.37. The van der Waals surface area contributed by atoms with E-state index in [1.165, 1.54) is 23.8 Å². The molecule has 0 saturated heterocycles. The van der Waals surface area contributed by atoms with Crippen LogP contribution >= 0.6 is 34.5 Å². The van der Waals surface area contributed by atoms with Crippen molar-refractivity contribution in [1.82, 2.24) is 4.57 Å². The molecular formula is C35H31Cl2FN2O8S. The van der Waals surface area contributed by atoms with Gasteiger partial charge in [0.1, 0.15) is 12.4 Å². The highest BCUT2D eigenvalue weighted by Gasteiger charge is 2.34. The number of aromatic nitrogens is 1. The van der Waals surface area contributed by atoms with Crippen LogP contribution in [-0.2, 0) is 25.7 Å². The Morgan fingerprint density at radius 1 is 1.00 bits per heavy atom. The monoisotopic (exact) mass is 728 g/mol. The number of fused-ring (bicyclic) bond motifs is 1.